The van der Waals surface area contributed by atoms with Crippen molar-refractivity contribution in [2.75, 3.05) is 45.2 Å². The molecule has 3 heterocycles. The maximum Gasteiger partial charge on any atom is 0.282 e. The number of para-hydroxylation sites is 1. The van der Waals surface area contributed by atoms with Crippen LogP contribution < -0.4 is 10.1 Å². The summed E-state index contributed by atoms with van der Waals surface area (Å²) in [7, 11) is -1.77. The normalized spacial score (nSPS) is 15.5. The fraction of sp³-hybridized carbons (Fsp3) is 0.296. The molecular weight excluding hydrogens is 538 g/mol. The second kappa shape index (κ2) is 11.7. The zero-order valence-electron chi connectivity index (χ0n) is 21.8. The van der Waals surface area contributed by atoms with Crippen LogP contribution >= 0.6 is 11.6 Å². The molecule has 0 amide bonds. The third kappa shape index (κ3) is 5.76. The molecule has 0 unspecified atom stereocenters. The Hall–Kier alpha value is -3.51. The number of aromatic nitrogens is 4. The van der Waals surface area contributed by atoms with Crippen LogP contribution in [0.15, 0.2) is 67.0 Å². The molecule has 0 bridgehead atoms. The number of nitrogens with zero attached hydrogens (tertiary/aromatic N) is 6. The molecule has 0 spiro atoms. The summed E-state index contributed by atoms with van der Waals surface area (Å²) in [6.07, 6.45) is 4.27. The molecule has 204 valence electrons. The summed E-state index contributed by atoms with van der Waals surface area (Å²) in [5.74, 6) is 1.01. The van der Waals surface area contributed by atoms with Gasteiger partial charge in [-0.1, -0.05) is 42.8 Å². The van der Waals surface area contributed by atoms with Gasteiger partial charge in [-0.3, -0.25) is 0 Å². The highest BCUT2D eigenvalue weighted by atomic mass is 35.5. The van der Waals surface area contributed by atoms with E-state index in [-0.39, 0.29) is 0 Å². The molecule has 0 saturated carbocycles. The largest absolute Gasteiger partial charge is 0.495 e. The smallest absolute Gasteiger partial charge is 0.282 e. The van der Waals surface area contributed by atoms with Gasteiger partial charge in [0.15, 0.2) is 0 Å². The number of hydrogen-bond donors (Lipinski definition) is 1. The molecule has 4 aromatic rings. The van der Waals surface area contributed by atoms with Crippen molar-refractivity contribution in [1.82, 2.24) is 28.4 Å². The van der Waals surface area contributed by atoms with Crippen molar-refractivity contribution in [3.05, 3.63) is 72.0 Å². The highest BCUT2D eigenvalue weighted by Crippen LogP contribution is 2.35. The van der Waals surface area contributed by atoms with Gasteiger partial charge in [-0.15, -0.1) is 0 Å². The predicted octanol–water partition coefficient (Wildman–Crippen LogP) is 4.34. The molecule has 39 heavy (non-hydrogen) atoms. The third-order valence-corrected chi connectivity index (χ3v) is 8.99. The first-order chi connectivity index (χ1) is 18.9. The summed E-state index contributed by atoms with van der Waals surface area (Å²) in [5, 5.41) is 8.63. The molecule has 5 rings (SSSR count). The number of likely N-dealkylation sites (N-methyl/N-ethyl adjacent to an activating group) is 1. The molecule has 2 aromatic carbocycles. The molecule has 0 aliphatic carbocycles. The van der Waals surface area contributed by atoms with E-state index in [4.69, 9.17) is 26.4 Å². The number of anilines is 1. The lowest BCUT2D eigenvalue weighted by atomic mass is 10.1. The summed E-state index contributed by atoms with van der Waals surface area (Å²) < 4.78 is 35.2. The predicted molar refractivity (Wildman–Crippen MR) is 152 cm³/mol. The van der Waals surface area contributed by atoms with Crippen LogP contribution in [0.4, 0.5) is 5.95 Å². The Morgan fingerprint density at radius 1 is 1.08 bits per heavy atom. The van der Waals surface area contributed by atoms with Crippen molar-refractivity contribution in [1.29, 1.82) is 0 Å². The highest BCUT2D eigenvalue weighted by Gasteiger charge is 2.34. The van der Waals surface area contributed by atoms with E-state index in [1.807, 2.05) is 66.3 Å². The molecule has 1 N–H and O–H groups in total. The average molecular weight is 568 g/mol. The van der Waals surface area contributed by atoms with E-state index in [0.717, 1.165) is 22.5 Å². The number of benzene rings is 2. The minimum atomic E-state index is -3.34. The second-order valence-electron chi connectivity index (χ2n) is 8.97. The van der Waals surface area contributed by atoms with Crippen LogP contribution in [0.2, 0.25) is 5.02 Å². The summed E-state index contributed by atoms with van der Waals surface area (Å²) >= 11 is 6.28. The first-order valence-electron chi connectivity index (χ1n) is 12.7. The van der Waals surface area contributed by atoms with Crippen LogP contribution in [0.3, 0.4) is 0 Å². The minimum Gasteiger partial charge on any atom is -0.495 e. The lowest BCUT2D eigenvalue weighted by molar-refractivity contribution is 0.415. The van der Waals surface area contributed by atoms with Gasteiger partial charge in [0.2, 0.25) is 5.95 Å². The second-order valence-corrected chi connectivity index (χ2v) is 11.3. The number of ether oxygens (including phenoxy) is 1. The minimum absolute atomic E-state index is 0.442. The van der Waals surface area contributed by atoms with Crippen molar-refractivity contribution in [2.45, 2.75) is 13.3 Å². The summed E-state index contributed by atoms with van der Waals surface area (Å²) in [4.78, 5) is 9.11. The Labute approximate surface area is 233 Å². The molecular formula is C27H30ClN7O3S. The molecule has 0 radical (unpaired) electrons. The van der Waals surface area contributed by atoms with E-state index in [1.165, 1.54) is 8.61 Å². The molecule has 0 atom stereocenters. The molecule has 1 aliphatic rings. The standard InChI is InChI=1S/C27H30ClN7O3S/c1-3-33-16-17-34(39(33,36)37)15-7-13-29-27-30-14-12-24(31-27)22-19-35(21-8-5-4-6-9-21)32-26(22)20-10-11-23(28)25(18-20)38-2/h4-6,8-12,14,18-19H,3,7,13,15-17H2,1-2H3,(H,29,30,31). The Kier molecular flexibility index (Phi) is 8.12. The van der Waals surface area contributed by atoms with Crippen molar-refractivity contribution in [3.8, 4) is 34.0 Å². The molecule has 10 nitrogen and oxygen atoms in total. The van der Waals surface area contributed by atoms with Gasteiger partial charge in [0.25, 0.3) is 10.2 Å². The van der Waals surface area contributed by atoms with Crippen molar-refractivity contribution < 1.29 is 13.2 Å². The number of rotatable bonds is 10. The van der Waals surface area contributed by atoms with Crippen LogP contribution in [-0.4, -0.2) is 76.6 Å². The van der Waals surface area contributed by atoms with Gasteiger partial charge in [-0.25, -0.2) is 14.6 Å². The van der Waals surface area contributed by atoms with Crippen LogP contribution in [0.1, 0.15) is 13.3 Å². The Balaban J connectivity index is 1.38. The Bertz CT molecular complexity index is 1550. The van der Waals surface area contributed by atoms with Gasteiger partial charge >= 0.3 is 0 Å². The third-order valence-electron chi connectivity index (χ3n) is 6.56. The van der Waals surface area contributed by atoms with Gasteiger partial charge in [-0.2, -0.15) is 22.1 Å². The maximum absolute atomic E-state index is 12.5. The van der Waals surface area contributed by atoms with E-state index in [9.17, 15) is 8.42 Å². The Morgan fingerprint density at radius 3 is 2.62 bits per heavy atom. The number of halogens is 1. The lowest BCUT2D eigenvalue weighted by Crippen LogP contribution is -2.34. The van der Waals surface area contributed by atoms with Crippen molar-refractivity contribution >= 4 is 27.8 Å². The maximum atomic E-state index is 12.5. The fourth-order valence-electron chi connectivity index (χ4n) is 4.51. The Morgan fingerprint density at radius 2 is 1.87 bits per heavy atom. The van der Waals surface area contributed by atoms with E-state index < -0.39 is 10.2 Å². The average Bonchev–Trinajstić information content (AvgIpc) is 3.52. The molecule has 1 fully saturated rings. The van der Waals surface area contributed by atoms with Crippen LogP contribution in [-0.2, 0) is 10.2 Å². The van der Waals surface area contributed by atoms with Crippen molar-refractivity contribution in [3.63, 3.8) is 0 Å². The van der Waals surface area contributed by atoms with Gasteiger partial charge < -0.3 is 10.1 Å². The topological polar surface area (TPSA) is 105 Å². The van der Waals surface area contributed by atoms with E-state index >= 15 is 0 Å². The molecule has 1 saturated heterocycles. The van der Waals surface area contributed by atoms with Gasteiger partial charge in [-0.05, 0) is 36.8 Å². The molecule has 12 heteroatoms. The summed E-state index contributed by atoms with van der Waals surface area (Å²) in [6, 6.07) is 17.2. The lowest BCUT2D eigenvalue weighted by Gasteiger charge is -2.17. The van der Waals surface area contributed by atoms with Gasteiger partial charge in [0.1, 0.15) is 11.4 Å². The number of hydrogen-bond acceptors (Lipinski definition) is 7. The van der Waals surface area contributed by atoms with Gasteiger partial charge in [0.05, 0.1) is 23.5 Å². The van der Waals surface area contributed by atoms with E-state index in [2.05, 4.69) is 10.3 Å². The number of nitrogens with one attached hydrogen (secondary N) is 1. The number of methoxy groups -OCH3 is 1. The zero-order chi connectivity index (χ0) is 27.4. The highest BCUT2D eigenvalue weighted by molar-refractivity contribution is 7.87. The fourth-order valence-corrected chi connectivity index (χ4v) is 6.34. The van der Waals surface area contributed by atoms with Crippen LogP contribution in [0, 0.1) is 0 Å². The van der Waals surface area contributed by atoms with Crippen molar-refractivity contribution in [2.24, 2.45) is 0 Å². The first kappa shape index (κ1) is 27.1. The van der Waals surface area contributed by atoms with E-state index in [0.29, 0.717) is 61.6 Å². The first-order valence-corrected chi connectivity index (χ1v) is 14.5. The zero-order valence-corrected chi connectivity index (χ0v) is 23.4. The van der Waals surface area contributed by atoms with Crippen LogP contribution in [0.25, 0.3) is 28.2 Å². The SMILES string of the molecule is CCN1CCN(CCCNc2nccc(-c3cn(-c4ccccc4)nc3-c3ccc(Cl)c(OC)c3)n2)S1(=O)=O. The monoisotopic (exact) mass is 567 g/mol. The van der Waals surface area contributed by atoms with Crippen LogP contribution in [0.5, 0.6) is 5.75 Å². The summed E-state index contributed by atoms with van der Waals surface area (Å²) in [5.41, 5.74) is 3.98. The molecule has 1 aliphatic heterocycles. The van der Waals surface area contributed by atoms with E-state index in [1.54, 1.807) is 19.4 Å². The quantitative estimate of drug-likeness (QED) is 0.284. The summed E-state index contributed by atoms with van der Waals surface area (Å²) in [6.45, 7) is 4.38. The molecule has 2 aromatic heterocycles. The van der Waals surface area contributed by atoms with Gasteiger partial charge in [0, 0.05) is 56.2 Å².